The van der Waals surface area contributed by atoms with Crippen LogP contribution in [0.15, 0.2) is 54.9 Å². The van der Waals surface area contributed by atoms with E-state index >= 15 is 0 Å². The number of aromatic nitrogens is 2. The van der Waals surface area contributed by atoms with Gasteiger partial charge in [-0.1, -0.05) is 18.2 Å². The molecule has 2 heterocycles. The third kappa shape index (κ3) is 6.08. The summed E-state index contributed by atoms with van der Waals surface area (Å²) in [6.07, 6.45) is 7.97. The van der Waals surface area contributed by atoms with Gasteiger partial charge < -0.3 is 21.1 Å². The van der Waals surface area contributed by atoms with E-state index in [4.69, 9.17) is 15.5 Å². The molecule has 0 spiro atoms. The van der Waals surface area contributed by atoms with Gasteiger partial charge in [0.1, 0.15) is 5.82 Å². The number of primary amides is 1. The third-order valence-electron chi connectivity index (χ3n) is 6.89. The van der Waals surface area contributed by atoms with Crippen molar-refractivity contribution in [3.63, 3.8) is 0 Å². The maximum Gasteiger partial charge on any atom is 0.248 e. The van der Waals surface area contributed by atoms with Crippen molar-refractivity contribution in [1.82, 2.24) is 15.3 Å². The molecule has 0 atom stereocenters. The van der Waals surface area contributed by atoms with Gasteiger partial charge in [0.25, 0.3) is 0 Å². The molecular weight excluding hydrogens is 476 g/mol. The van der Waals surface area contributed by atoms with Gasteiger partial charge in [0.15, 0.2) is 0 Å². The normalized spacial score (nSPS) is 13.0. The first-order valence-electron chi connectivity index (χ1n) is 13.2. The number of hydrogen-bond acceptors (Lipinski definition) is 7. The fourth-order valence-corrected chi connectivity index (χ4v) is 4.72. The Hall–Kier alpha value is -4.06. The quantitative estimate of drug-likeness (QED) is 0.178. The molecule has 8 nitrogen and oxygen atoms in total. The average molecular weight is 509 g/mol. The van der Waals surface area contributed by atoms with Crippen LogP contribution in [0.4, 0.5) is 5.82 Å². The van der Waals surface area contributed by atoms with Crippen molar-refractivity contribution < 1.29 is 9.53 Å². The molecule has 1 aliphatic rings. The second-order valence-electron chi connectivity index (χ2n) is 9.71. The van der Waals surface area contributed by atoms with E-state index in [1.165, 1.54) is 24.0 Å². The summed E-state index contributed by atoms with van der Waals surface area (Å²) in [7, 11) is 0. The Balaban J connectivity index is 1.04. The zero-order valence-electron chi connectivity index (χ0n) is 21.4. The number of pyridine rings is 2. The van der Waals surface area contributed by atoms with Crippen LogP contribution in [0.2, 0.25) is 0 Å². The van der Waals surface area contributed by atoms with E-state index in [0.29, 0.717) is 36.8 Å². The third-order valence-corrected chi connectivity index (χ3v) is 6.89. The Bertz CT molecular complexity index is 1490. The van der Waals surface area contributed by atoms with Gasteiger partial charge in [-0.25, -0.2) is 4.98 Å². The Morgan fingerprint density at radius 3 is 2.76 bits per heavy atom. The summed E-state index contributed by atoms with van der Waals surface area (Å²) in [4.78, 5) is 20.6. The van der Waals surface area contributed by atoms with Gasteiger partial charge in [0.2, 0.25) is 5.91 Å². The van der Waals surface area contributed by atoms with E-state index < -0.39 is 5.91 Å². The van der Waals surface area contributed by atoms with Crippen LogP contribution in [-0.2, 0) is 11.3 Å². The number of nitrogens with one attached hydrogen (secondary N) is 2. The van der Waals surface area contributed by atoms with Gasteiger partial charge in [-0.3, -0.25) is 9.78 Å². The zero-order valence-corrected chi connectivity index (χ0v) is 21.4. The van der Waals surface area contributed by atoms with E-state index in [2.05, 4.69) is 27.8 Å². The summed E-state index contributed by atoms with van der Waals surface area (Å²) in [5.74, 6) is 0.839. The van der Waals surface area contributed by atoms with Crippen molar-refractivity contribution in [3.05, 3.63) is 77.1 Å². The molecule has 1 aliphatic carbocycles. The molecule has 0 unspecified atom stereocenters. The van der Waals surface area contributed by atoms with Crippen molar-refractivity contribution >= 4 is 33.4 Å². The number of ether oxygens (including phenoxy) is 1. The van der Waals surface area contributed by atoms with Crippen LogP contribution < -0.4 is 16.4 Å². The first-order chi connectivity index (χ1) is 18.6. The highest BCUT2D eigenvalue weighted by atomic mass is 16.5. The van der Waals surface area contributed by atoms with Gasteiger partial charge in [-0.2, -0.15) is 5.26 Å². The molecule has 38 heavy (non-hydrogen) atoms. The van der Waals surface area contributed by atoms with Crippen LogP contribution in [0.5, 0.6) is 0 Å². The molecular formula is C30H32N6O2. The van der Waals surface area contributed by atoms with Gasteiger partial charge in [0, 0.05) is 53.8 Å². The number of anilines is 1. The fraction of sp³-hybridized carbons (Fsp3) is 0.333. The molecule has 1 fully saturated rings. The molecule has 2 aromatic carbocycles. The lowest BCUT2D eigenvalue weighted by Gasteiger charge is -2.12. The standard InChI is InChI=1S/C30H32N6O2/c31-17-23-4-3-20(15-26(23)21-5-6-21)18-33-10-1-2-13-38-14-12-35-30-25-9-11-34-19-27(25)24-8-7-22(29(32)37)16-28(24)36-30/h3-4,7-9,11,15-16,19,21,33H,1-2,5-6,10,12-14,18H2,(H2,32,37)(H,35,36). The number of fused-ring (bicyclic) bond motifs is 3. The number of hydrogen-bond donors (Lipinski definition) is 3. The second kappa shape index (κ2) is 12.0. The van der Waals surface area contributed by atoms with Crippen LogP contribution in [0.1, 0.15) is 58.6 Å². The Labute approximate surface area is 222 Å². The first-order valence-corrected chi connectivity index (χ1v) is 13.2. The maximum atomic E-state index is 11.6. The number of amides is 1. The summed E-state index contributed by atoms with van der Waals surface area (Å²) in [6.45, 7) is 3.62. The van der Waals surface area contributed by atoms with Gasteiger partial charge in [0.05, 0.1) is 23.8 Å². The summed E-state index contributed by atoms with van der Waals surface area (Å²) >= 11 is 0. The van der Waals surface area contributed by atoms with E-state index in [1.807, 2.05) is 30.5 Å². The average Bonchev–Trinajstić information content (AvgIpc) is 3.79. The number of rotatable bonds is 13. The predicted octanol–water partition coefficient (Wildman–Crippen LogP) is 4.63. The molecule has 8 heteroatoms. The summed E-state index contributed by atoms with van der Waals surface area (Å²) in [6, 6.07) is 15.8. The van der Waals surface area contributed by atoms with Gasteiger partial charge in [-0.15, -0.1) is 0 Å². The Morgan fingerprint density at radius 2 is 1.95 bits per heavy atom. The summed E-state index contributed by atoms with van der Waals surface area (Å²) < 4.78 is 5.82. The molecule has 4 N–H and O–H groups in total. The summed E-state index contributed by atoms with van der Waals surface area (Å²) in [5, 5.41) is 19.0. The molecule has 0 aliphatic heterocycles. The fourth-order valence-electron chi connectivity index (χ4n) is 4.72. The van der Waals surface area contributed by atoms with Crippen molar-refractivity contribution in [1.29, 1.82) is 5.26 Å². The van der Waals surface area contributed by atoms with Gasteiger partial charge >= 0.3 is 0 Å². The monoisotopic (exact) mass is 508 g/mol. The Morgan fingerprint density at radius 1 is 1.05 bits per heavy atom. The lowest BCUT2D eigenvalue weighted by Crippen LogP contribution is -2.16. The SMILES string of the molecule is N#Cc1ccc(CNCCCCOCCNc2nc3cc(C(N)=O)ccc3c3cnccc23)cc1C1CC1. The van der Waals surface area contributed by atoms with Crippen LogP contribution >= 0.6 is 0 Å². The number of unbranched alkanes of at least 4 members (excludes halogenated alkanes) is 1. The molecule has 2 aromatic heterocycles. The number of benzene rings is 2. The minimum Gasteiger partial charge on any atom is -0.380 e. The van der Waals surface area contributed by atoms with Gasteiger partial charge in [-0.05, 0) is 73.5 Å². The predicted molar refractivity (Wildman–Crippen MR) is 149 cm³/mol. The highest BCUT2D eigenvalue weighted by molar-refractivity contribution is 6.11. The lowest BCUT2D eigenvalue weighted by atomic mass is 10.0. The minimum absolute atomic E-state index is 0.428. The molecule has 194 valence electrons. The van der Waals surface area contributed by atoms with E-state index in [-0.39, 0.29) is 0 Å². The molecule has 0 radical (unpaired) electrons. The van der Waals surface area contributed by atoms with E-state index in [1.54, 1.807) is 18.3 Å². The summed E-state index contributed by atoms with van der Waals surface area (Å²) in [5.41, 5.74) is 9.85. The second-order valence-corrected chi connectivity index (χ2v) is 9.71. The van der Waals surface area contributed by atoms with E-state index in [0.717, 1.165) is 53.5 Å². The molecule has 4 aromatic rings. The molecule has 1 amide bonds. The number of nitrogens with zero attached hydrogens (tertiary/aromatic N) is 3. The zero-order chi connectivity index (χ0) is 26.3. The lowest BCUT2D eigenvalue weighted by molar-refractivity contribution is 0.100. The minimum atomic E-state index is -0.477. The largest absolute Gasteiger partial charge is 0.380 e. The van der Waals surface area contributed by atoms with Crippen molar-refractivity contribution in [2.24, 2.45) is 5.73 Å². The molecule has 5 rings (SSSR count). The van der Waals surface area contributed by atoms with Crippen molar-refractivity contribution in [2.75, 3.05) is 31.6 Å². The Kier molecular flexibility index (Phi) is 8.07. The number of carbonyl (C=O) groups excluding carboxylic acids is 1. The van der Waals surface area contributed by atoms with E-state index in [9.17, 15) is 10.1 Å². The number of nitrogens with two attached hydrogens (primary N) is 1. The highest BCUT2D eigenvalue weighted by Gasteiger charge is 2.26. The molecule has 0 saturated heterocycles. The smallest absolute Gasteiger partial charge is 0.248 e. The topological polar surface area (TPSA) is 126 Å². The number of carbonyl (C=O) groups is 1. The highest BCUT2D eigenvalue weighted by Crippen LogP contribution is 2.41. The van der Waals surface area contributed by atoms with Crippen molar-refractivity contribution in [2.45, 2.75) is 38.1 Å². The van der Waals surface area contributed by atoms with Crippen LogP contribution in [-0.4, -0.2) is 42.2 Å². The maximum absolute atomic E-state index is 11.6. The van der Waals surface area contributed by atoms with Crippen LogP contribution in [0.25, 0.3) is 21.7 Å². The van der Waals surface area contributed by atoms with Crippen molar-refractivity contribution in [3.8, 4) is 6.07 Å². The number of nitriles is 1. The molecule has 0 bridgehead atoms. The molecule has 1 saturated carbocycles. The van der Waals surface area contributed by atoms with Crippen LogP contribution in [0, 0.1) is 11.3 Å². The first kappa shape index (κ1) is 25.6. The van der Waals surface area contributed by atoms with Crippen LogP contribution in [0.3, 0.4) is 0 Å².